The van der Waals surface area contributed by atoms with Crippen LogP contribution in [0.1, 0.15) is 77.7 Å². The van der Waals surface area contributed by atoms with E-state index in [4.69, 9.17) is 5.11 Å². The number of benzene rings is 2. The van der Waals surface area contributed by atoms with Gasteiger partial charge < -0.3 is 10.4 Å². The van der Waals surface area contributed by atoms with Gasteiger partial charge in [-0.3, -0.25) is 9.59 Å². The lowest BCUT2D eigenvalue weighted by Crippen LogP contribution is -2.25. The molecule has 0 fully saturated rings. The highest BCUT2D eigenvalue weighted by molar-refractivity contribution is 7.99. The number of hydrogen-bond donors (Lipinski definition) is 2. The predicted molar refractivity (Wildman–Crippen MR) is 157 cm³/mol. The molecular weight excluding hydrogens is 498 g/mol. The summed E-state index contributed by atoms with van der Waals surface area (Å²) in [6.45, 7) is 11.3. The van der Waals surface area contributed by atoms with E-state index in [2.05, 4.69) is 76.3 Å². The van der Waals surface area contributed by atoms with Gasteiger partial charge in [-0.2, -0.15) is 0 Å². The first-order valence-corrected chi connectivity index (χ1v) is 14.8. The molecule has 0 atom stereocenters. The number of amides is 1. The molecule has 3 rings (SSSR count). The van der Waals surface area contributed by atoms with Crippen LogP contribution < -0.4 is 5.32 Å². The normalized spacial score (nSPS) is 11.5. The second kappa shape index (κ2) is 13.3. The van der Waals surface area contributed by atoms with E-state index in [1.807, 2.05) is 23.9 Å². The predicted octanol–water partition coefficient (Wildman–Crippen LogP) is 8.04. The van der Waals surface area contributed by atoms with Crippen LogP contribution in [0.2, 0.25) is 0 Å². The van der Waals surface area contributed by atoms with Gasteiger partial charge in [-0.25, -0.2) is 0 Å². The molecule has 0 unspecified atom stereocenters. The van der Waals surface area contributed by atoms with E-state index in [0.717, 1.165) is 31.4 Å². The monoisotopic (exact) mass is 537 g/mol. The Kier molecular flexibility index (Phi) is 10.4. The van der Waals surface area contributed by atoms with Gasteiger partial charge in [0.05, 0.1) is 11.3 Å². The van der Waals surface area contributed by atoms with Crippen molar-refractivity contribution in [2.45, 2.75) is 77.0 Å². The van der Waals surface area contributed by atoms with Gasteiger partial charge in [-0.15, -0.1) is 23.1 Å². The number of unbranched alkanes of at least 4 members (excludes halogenated alkanes) is 2. The minimum atomic E-state index is -0.908. The second-order valence-corrected chi connectivity index (χ2v) is 12.9. The first kappa shape index (κ1) is 29.0. The lowest BCUT2D eigenvalue weighted by atomic mass is 9.85. The molecule has 0 spiro atoms. The zero-order chi connectivity index (χ0) is 27.0. The number of carboxylic acid groups (broad SMARTS) is 1. The summed E-state index contributed by atoms with van der Waals surface area (Å²) in [6, 6.07) is 17.5. The SMILES string of the molecule is Cc1cc(SCCCCCc2ccc(C(=O)NCCC(=O)O)s2)cc(C)c1-c1ccc(C(C)(C)C)cc1. The number of hydrogen-bond acceptors (Lipinski definition) is 4. The van der Waals surface area contributed by atoms with Crippen molar-refractivity contribution in [2.24, 2.45) is 0 Å². The maximum atomic E-state index is 12.1. The van der Waals surface area contributed by atoms with Crippen molar-refractivity contribution in [3.63, 3.8) is 0 Å². The zero-order valence-corrected chi connectivity index (χ0v) is 24.3. The molecule has 1 aromatic heterocycles. The molecule has 1 amide bonds. The molecule has 0 aliphatic heterocycles. The van der Waals surface area contributed by atoms with Gasteiger partial charge in [0, 0.05) is 16.3 Å². The first-order valence-electron chi connectivity index (χ1n) is 13.0. The van der Waals surface area contributed by atoms with Crippen LogP contribution in [-0.4, -0.2) is 29.3 Å². The molecule has 198 valence electrons. The average Bonchev–Trinajstić information content (AvgIpc) is 3.29. The number of carbonyl (C=O) groups is 2. The van der Waals surface area contributed by atoms with Gasteiger partial charge >= 0.3 is 5.97 Å². The largest absolute Gasteiger partial charge is 0.481 e. The Morgan fingerprint density at radius 1 is 0.946 bits per heavy atom. The topological polar surface area (TPSA) is 66.4 Å². The van der Waals surface area contributed by atoms with E-state index >= 15 is 0 Å². The highest BCUT2D eigenvalue weighted by atomic mass is 32.2. The first-order chi connectivity index (χ1) is 17.5. The van der Waals surface area contributed by atoms with Crippen LogP contribution in [-0.2, 0) is 16.6 Å². The summed E-state index contributed by atoms with van der Waals surface area (Å²) in [5.74, 6) is 0.00198. The van der Waals surface area contributed by atoms with Gasteiger partial charge in [0.2, 0.25) is 0 Å². The summed E-state index contributed by atoms with van der Waals surface area (Å²) in [5.41, 5.74) is 6.80. The van der Waals surface area contributed by atoms with Crippen LogP contribution in [0, 0.1) is 13.8 Å². The number of carboxylic acids is 1. The van der Waals surface area contributed by atoms with Crippen molar-refractivity contribution >= 4 is 35.0 Å². The number of thiophene rings is 1. The molecule has 6 heteroatoms. The van der Waals surface area contributed by atoms with Gasteiger partial charge in [0.1, 0.15) is 0 Å². The number of aliphatic carboxylic acids is 1. The third-order valence-electron chi connectivity index (χ3n) is 6.39. The average molecular weight is 538 g/mol. The van der Waals surface area contributed by atoms with Crippen molar-refractivity contribution in [1.29, 1.82) is 0 Å². The van der Waals surface area contributed by atoms with Gasteiger partial charge in [-0.1, -0.05) is 51.5 Å². The Balaban J connectivity index is 1.43. The summed E-state index contributed by atoms with van der Waals surface area (Å²) in [4.78, 5) is 25.9. The molecule has 0 aliphatic carbocycles. The Morgan fingerprint density at radius 3 is 2.24 bits per heavy atom. The van der Waals surface area contributed by atoms with E-state index in [9.17, 15) is 9.59 Å². The molecule has 0 saturated heterocycles. The fraction of sp³-hybridized carbons (Fsp3) is 0.419. The summed E-state index contributed by atoms with van der Waals surface area (Å²) in [7, 11) is 0. The van der Waals surface area contributed by atoms with Gasteiger partial charge in [0.25, 0.3) is 5.91 Å². The fourth-order valence-corrected chi connectivity index (χ4v) is 6.44. The Hall–Kier alpha value is -2.57. The summed E-state index contributed by atoms with van der Waals surface area (Å²) >= 11 is 3.43. The minimum Gasteiger partial charge on any atom is -0.481 e. The minimum absolute atomic E-state index is 0.0588. The van der Waals surface area contributed by atoms with E-state index in [-0.39, 0.29) is 24.3 Å². The van der Waals surface area contributed by atoms with Crippen LogP contribution in [0.4, 0.5) is 0 Å². The third kappa shape index (κ3) is 8.75. The Bertz CT molecular complexity index is 1180. The molecule has 2 aromatic carbocycles. The Morgan fingerprint density at radius 2 is 1.62 bits per heavy atom. The lowest BCUT2D eigenvalue weighted by Gasteiger charge is -2.20. The maximum Gasteiger partial charge on any atom is 0.305 e. The Labute approximate surface area is 229 Å². The molecule has 1 heterocycles. The maximum absolute atomic E-state index is 12.1. The van der Waals surface area contributed by atoms with Crippen LogP contribution in [0.15, 0.2) is 53.4 Å². The fourth-order valence-electron chi connectivity index (χ4n) is 4.37. The molecule has 3 aromatic rings. The number of nitrogens with one attached hydrogen (secondary N) is 1. The number of carbonyl (C=O) groups excluding carboxylic acids is 1. The summed E-state index contributed by atoms with van der Waals surface area (Å²) in [5, 5.41) is 11.3. The molecule has 37 heavy (non-hydrogen) atoms. The molecule has 0 radical (unpaired) electrons. The van der Waals surface area contributed by atoms with E-state index in [0.29, 0.717) is 4.88 Å². The summed E-state index contributed by atoms with van der Waals surface area (Å²) in [6.07, 6.45) is 4.33. The van der Waals surface area contributed by atoms with Crippen molar-refractivity contribution in [2.75, 3.05) is 12.3 Å². The van der Waals surface area contributed by atoms with Crippen LogP contribution >= 0.6 is 23.1 Å². The highest BCUT2D eigenvalue weighted by Crippen LogP contribution is 2.33. The second-order valence-electron chi connectivity index (χ2n) is 10.6. The van der Waals surface area contributed by atoms with Crippen molar-refractivity contribution in [3.05, 3.63) is 75.0 Å². The quantitative estimate of drug-likeness (QED) is 0.181. The molecular formula is C31H39NO3S2. The summed E-state index contributed by atoms with van der Waals surface area (Å²) < 4.78 is 0. The van der Waals surface area contributed by atoms with E-state index < -0.39 is 5.97 Å². The smallest absolute Gasteiger partial charge is 0.305 e. The third-order valence-corrected chi connectivity index (χ3v) is 8.60. The lowest BCUT2D eigenvalue weighted by molar-refractivity contribution is -0.136. The van der Waals surface area contributed by atoms with E-state index in [1.54, 1.807) is 0 Å². The highest BCUT2D eigenvalue weighted by Gasteiger charge is 2.15. The van der Waals surface area contributed by atoms with Crippen LogP contribution in [0.3, 0.4) is 0 Å². The van der Waals surface area contributed by atoms with Crippen LogP contribution in [0.5, 0.6) is 0 Å². The molecule has 0 bridgehead atoms. The number of thioether (sulfide) groups is 1. The van der Waals surface area contributed by atoms with Crippen LogP contribution in [0.25, 0.3) is 11.1 Å². The molecule has 0 aliphatic rings. The molecule has 2 N–H and O–H groups in total. The van der Waals surface area contributed by atoms with E-state index in [1.165, 1.54) is 48.9 Å². The van der Waals surface area contributed by atoms with Crippen molar-refractivity contribution < 1.29 is 14.7 Å². The zero-order valence-electron chi connectivity index (χ0n) is 22.6. The number of rotatable bonds is 12. The van der Waals surface area contributed by atoms with Crippen molar-refractivity contribution in [3.8, 4) is 11.1 Å². The molecule has 4 nitrogen and oxygen atoms in total. The van der Waals surface area contributed by atoms with Gasteiger partial charge in [-0.05, 0) is 96.4 Å². The van der Waals surface area contributed by atoms with Gasteiger partial charge in [0.15, 0.2) is 0 Å². The van der Waals surface area contributed by atoms with Crippen molar-refractivity contribution in [1.82, 2.24) is 5.32 Å². The standard InChI is InChI=1S/C31H39NO3S2/c1-21-19-26(20-22(2)29(21)23-10-12-24(13-11-23)31(3,4)5)36-18-8-6-7-9-25-14-15-27(37-25)30(35)32-17-16-28(33)34/h10-15,19-20H,6-9,16-18H2,1-5H3,(H,32,35)(H,33,34). The molecule has 0 saturated carbocycles. The number of aryl methyl sites for hydroxylation is 3.